The summed E-state index contributed by atoms with van der Waals surface area (Å²) >= 11 is 0. The highest BCUT2D eigenvalue weighted by Crippen LogP contribution is 2.44. The number of ether oxygens (including phenoxy) is 2. The van der Waals surface area contributed by atoms with E-state index < -0.39 is 5.97 Å². The minimum atomic E-state index is -0.855. The maximum Gasteiger partial charge on any atom is 0.336 e. The highest BCUT2D eigenvalue weighted by molar-refractivity contribution is 5.89. The molecule has 2 saturated carbocycles. The Morgan fingerprint density at radius 2 is 2.08 bits per heavy atom. The van der Waals surface area contributed by atoms with Crippen molar-refractivity contribution >= 4 is 5.97 Å². The number of hydrogen-bond acceptors (Lipinski definition) is 4. The average Bonchev–Trinajstić information content (AvgIpc) is 3.42. The van der Waals surface area contributed by atoms with Crippen molar-refractivity contribution in [3.8, 4) is 0 Å². The fourth-order valence-corrected chi connectivity index (χ4v) is 4.74. The number of hydrogen-bond donors (Lipinski definition) is 1. The van der Waals surface area contributed by atoms with Crippen LogP contribution in [0.1, 0.15) is 54.4 Å². The summed E-state index contributed by atoms with van der Waals surface area (Å²) in [6.07, 6.45) is 7.03. The van der Waals surface area contributed by atoms with E-state index in [4.69, 9.17) is 9.47 Å². The second-order valence-corrected chi connectivity index (χ2v) is 8.14. The molecule has 1 aromatic carbocycles. The number of carbonyl (C=O) groups is 1. The molecule has 0 unspecified atom stereocenters. The summed E-state index contributed by atoms with van der Waals surface area (Å²) in [7, 11) is 1.83. The van der Waals surface area contributed by atoms with Gasteiger partial charge in [0.05, 0.1) is 17.3 Å². The van der Waals surface area contributed by atoms with Crippen LogP contribution < -0.4 is 0 Å². The van der Waals surface area contributed by atoms with Crippen molar-refractivity contribution in [3.05, 3.63) is 35.4 Å². The van der Waals surface area contributed by atoms with Crippen molar-refractivity contribution in [1.29, 1.82) is 0 Å². The van der Waals surface area contributed by atoms with Crippen LogP contribution in [0.2, 0.25) is 0 Å². The maximum absolute atomic E-state index is 11.5. The Kier molecular flexibility index (Phi) is 5.04. The average molecular weight is 359 g/mol. The molecule has 1 saturated heterocycles. The lowest BCUT2D eigenvalue weighted by Crippen LogP contribution is -2.51. The predicted octanol–water partition coefficient (Wildman–Crippen LogP) is 3.32. The number of carboxylic acids is 1. The molecule has 1 aliphatic heterocycles. The SMILES string of the molecule is CO[C@@]12CC[C@@H](OCC3CC3)C[C@@H]1N(Cc1ccccc1C(=O)O)CC2. The van der Waals surface area contributed by atoms with Crippen molar-refractivity contribution in [2.45, 2.75) is 62.8 Å². The standard InChI is InChI=1S/C21H29NO4/c1-25-21-9-8-17(26-14-15-6-7-15)12-19(21)22(11-10-21)13-16-4-2-3-5-18(16)20(23)24/h2-5,15,17,19H,6-14H2,1H3,(H,23,24)/t17-,19+,21-/m1/s1. The number of carboxylic acid groups (broad SMARTS) is 1. The third-order valence-corrected chi connectivity index (χ3v) is 6.54. The monoisotopic (exact) mass is 359 g/mol. The number of aromatic carboxylic acids is 1. The molecule has 3 atom stereocenters. The van der Waals surface area contributed by atoms with Gasteiger partial charge in [0.15, 0.2) is 0 Å². The van der Waals surface area contributed by atoms with Gasteiger partial charge in [-0.05, 0) is 56.1 Å². The molecule has 0 bridgehead atoms. The third kappa shape index (κ3) is 3.53. The lowest BCUT2D eigenvalue weighted by atomic mass is 9.79. The van der Waals surface area contributed by atoms with Crippen molar-refractivity contribution in [3.63, 3.8) is 0 Å². The summed E-state index contributed by atoms with van der Waals surface area (Å²) in [5.41, 5.74) is 1.19. The fraction of sp³-hybridized carbons (Fsp3) is 0.667. The van der Waals surface area contributed by atoms with Crippen LogP contribution in [0.4, 0.5) is 0 Å². The number of fused-ring (bicyclic) bond motifs is 1. The van der Waals surface area contributed by atoms with Crippen molar-refractivity contribution in [2.75, 3.05) is 20.3 Å². The van der Waals surface area contributed by atoms with Gasteiger partial charge >= 0.3 is 5.97 Å². The molecule has 0 spiro atoms. The van der Waals surface area contributed by atoms with E-state index in [-0.39, 0.29) is 5.60 Å². The highest BCUT2D eigenvalue weighted by atomic mass is 16.5. The molecule has 1 aromatic rings. The number of rotatable bonds is 7. The Bertz CT molecular complexity index is 659. The zero-order valence-corrected chi connectivity index (χ0v) is 15.5. The molecule has 0 radical (unpaired) electrons. The van der Waals surface area contributed by atoms with Gasteiger partial charge in [-0.2, -0.15) is 0 Å². The van der Waals surface area contributed by atoms with Crippen molar-refractivity contribution < 1.29 is 19.4 Å². The quantitative estimate of drug-likeness (QED) is 0.809. The molecule has 0 aromatic heterocycles. The van der Waals surface area contributed by atoms with Crippen molar-refractivity contribution in [1.82, 2.24) is 4.90 Å². The van der Waals surface area contributed by atoms with Gasteiger partial charge in [0.1, 0.15) is 0 Å². The molecular formula is C21H29NO4. The fourth-order valence-electron chi connectivity index (χ4n) is 4.74. The molecular weight excluding hydrogens is 330 g/mol. The Hall–Kier alpha value is -1.43. The second-order valence-electron chi connectivity index (χ2n) is 8.14. The summed E-state index contributed by atoms with van der Waals surface area (Å²) in [5.74, 6) is -0.0710. The zero-order chi connectivity index (χ0) is 18.1. The smallest absolute Gasteiger partial charge is 0.336 e. The van der Waals surface area contributed by atoms with Crippen LogP contribution in [0, 0.1) is 5.92 Å². The minimum absolute atomic E-state index is 0.0996. The maximum atomic E-state index is 11.5. The number of methoxy groups -OCH3 is 1. The summed E-state index contributed by atoms with van der Waals surface area (Å²) in [6.45, 7) is 2.51. The predicted molar refractivity (Wildman–Crippen MR) is 98.3 cm³/mol. The molecule has 5 nitrogen and oxygen atoms in total. The number of likely N-dealkylation sites (tertiary alicyclic amines) is 1. The summed E-state index contributed by atoms with van der Waals surface area (Å²) in [5, 5.41) is 9.48. The van der Waals surface area contributed by atoms with Crippen LogP contribution in [-0.4, -0.2) is 54.0 Å². The molecule has 0 amide bonds. The lowest BCUT2D eigenvalue weighted by Gasteiger charge is -2.43. The van der Waals surface area contributed by atoms with Gasteiger partial charge in [-0.3, -0.25) is 4.90 Å². The van der Waals surface area contributed by atoms with Crippen LogP contribution >= 0.6 is 0 Å². The largest absolute Gasteiger partial charge is 0.478 e. The topological polar surface area (TPSA) is 59.0 Å². The molecule has 5 heteroatoms. The molecule has 2 aliphatic carbocycles. The van der Waals surface area contributed by atoms with E-state index in [9.17, 15) is 9.90 Å². The first-order valence-corrected chi connectivity index (χ1v) is 9.83. The van der Waals surface area contributed by atoms with E-state index in [0.717, 1.165) is 50.3 Å². The molecule has 4 rings (SSSR count). The van der Waals surface area contributed by atoms with Gasteiger partial charge in [0.25, 0.3) is 0 Å². The van der Waals surface area contributed by atoms with E-state index in [2.05, 4.69) is 4.90 Å². The van der Waals surface area contributed by atoms with Crippen LogP contribution in [0.3, 0.4) is 0 Å². The lowest BCUT2D eigenvalue weighted by molar-refractivity contribution is -0.103. The normalized spacial score (nSPS) is 31.7. The molecule has 142 valence electrons. The Labute approximate surface area is 155 Å². The van der Waals surface area contributed by atoms with E-state index in [0.29, 0.717) is 24.3 Å². The zero-order valence-electron chi connectivity index (χ0n) is 15.5. The molecule has 3 aliphatic rings. The Balaban J connectivity index is 1.48. The van der Waals surface area contributed by atoms with Gasteiger partial charge in [-0.1, -0.05) is 18.2 Å². The van der Waals surface area contributed by atoms with E-state index in [1.165, 1.54) is 12.8 Å². The van der Waals surface area contributed by atoms with Gasteiger partial charge in [0, 0.05) is 32.8 Å². The van der Waals surface area contributed by atoms with Gasteiger partial charge < -0.3 is 14.6 Å². The Morgan fingerprint density at radius 1 is 1.27 bits per heavy atom. The first-order valence-electron chi connectivity index (χ1n) is 9.83. The van der Waals surface area contributed by atoms with Gasteiger partial charge in [0.2, 0.25) is 0 Å². The molecule has 26 heavy (non-hydrogen) atoms. The second kappa shape index (κ2) is 7.29. The summed E-state index contributed by atoms with van der Waals surface area (Å²) in [6, 6.07) is 7.63. The van der Waals surface area contributed by atoms with Crippen molar-refractivity contribution in [2.24, 2.45) is 5.92 Å². The molecule has 3 fully saturated rings. The third-order valence-electron chi connectivity index (χ3n) is 6.54. The first kappa shape index (κ1) is 18.0. The summed E-state index contributed by atoms with van der Waals surface area (Å²) in [4.78, 5) is 14.0. The van der Waals surface area contributed by atoms with E-state index in [1.54, 1.807) is 12.1 Å². The number of nitrogens with zero attached hydrogens (tertiary/aromatic N) is 1. The van der Waals surface area contributed by atoms with Crippen LogP contribution in [0.25, 0.3) is 0 Å². The van der Waals surface area contributed by atoms with Crippen LogP contribution in [0.15, 0.2) is 24.3 Å². The van der Waals surface area contributed by atoms with Crippen LogP contribution in [-0.2, 0) is 16.0 Å². The van der Waals surface area contributed by atoms with E-state index >= 15 is 0 Å². The minimum Gasteiger partial charge on any atom is -0.478 e. The Morgan fingerprint density at radius 3 is 2.81 bits per heavy atom. The molecule has 1 heterocycles. The van der Waals surface area contributed by atoms with Gasteiger partial charge in [-0.25, -0.2) is 4.79 Å². The molecule has 1 N–H and O–H groups in total. The highest BCUT2D eigenvalue weighted by Gasteiger charge is 2.51. The first-order chi connectivity index (χ1) is 12.6. The number of benzene rings is 1. The summed E-state index contributed by atoms with van der Waals surface area (Å²) < 4.78 is 12.2. The van der Waals surface area contributed by atoms with E-state index in [1.807, 2.05) is 19.2 Å². The van der Waals surface area contributed by atoms with Gasteiger partial charge in [-0.15, -0.1) is 0 Å². The van der Waals surface area contributed by atoms with Crippen LogP contribution in [0.5, 0.6) is 0 Å².